The van der Waals surface area contributed by atoms with Gasteiger partial charge in [0.05, 0.1) is 16.9 Å². The Hall–Kier alpha value is -3.73. The SMILES string of the molecule is Cn1c(=O)cc(N(C)[C@H]2CC[C@@H](N(CC3CCC3)c3cccc4c3OCO4)CC2)c2nc(C#N)ccc21. The molecule has 2 saturated carbocycles. The molecular formula is C29H33N5O3. The Morgan fingerprint density at radius 2 is 1.84 bits per heavy atom. The Balaban J connectivity index is 1.25. The van der Waals surface area contributed by atoms with E-state index >= 15 is 0 Å². The van der Waals surface area contributed by atoms with E-state index in [2.05, 4.69) is 40.0 Å². The maximum absolute atomic E-state index is 12.7. The summed E-state index contributed by atoms with van der Waals surface area (Å²) in [6.45, 7) is 1.35. The molecule has 0 N–H and O–H groups in total. The molecular weight excluding hydrogens is 466 g/mol. The highest BCUT2D eigenvalue weighted by Gasteiger charge is 2.34. The highest BCUT2D eigenvalue weighted by molar-refractivity contribution is 5.88. The number of pyridine rings is 2. The minimum atomic E-state index is -0.0682. The molecule has 2 aromatic heterocycles. The largest absolute Gasteiger partial charge is 0.454 e. The number of hydrogen-bond acceptors (Lipinski definition) is 7. The summed E-state index contributed by atoms with van der Waals surface area (Å²) in [4.78, 5) is 22.1. The van der Waals surface area contributed by atoms with Crippen molar-refractivity contribution in [1.82, 2.24) is 9.55 Å². The molecule has 3 aromatic rings. The van der Waals surface area contributed by atoms with E-state index in [0.29, 0.717) is 23.3 Å². The van der Waals surface area contributed by atoms with Crippen LogP contribution in [0.1, 0.15) is 50.6 Å². The molecule has 0 unspecified atom stereocenters. The van der Waals surface area contributed by atoms with Crippen molar-refractivity contribution in [2.24, 2.45) is 13.0 Å². The van der Waals surface area contributed by atoms with E-state index in [4.69, 9.17) is 9.47 Å². The molecule has 0 spiro atoms. The molecule has 3 heterocycles. The van der Waals surface area contributed by atoms with Gasteiger partial charge in [-0.25, -0.2) is 4.98 Å². The maximum atomic E-state index is 12.7. The predicted octanol–water partition coefficient (Wildman–Crippen LogP) is 4.59. The average molecular weight is 500 g/mol. The number of rotatable bonds is 6. The van der Waals surface area contributed by atoms with Gasteiger partial charge in [-0.05, 0) is 68.7 Å². The van der Waals surface area contributed by atoms with E-state index in [1.807, 2.05) is 12.1 Å². The summed E-state index contributed by atoms with van der Waals surface area (Å²) in [6.07, 6.45) is 8.09. The van der Waals surface area contributed by atoms with E-state index in [9.17, 15) is 10.1 Å². The Morgan fingerprint density at radius 1 is 1.05 bits per heavy atom. The van der Waals surface area contributed by atoms with Crippen LogP contribution in [-0.4, -0.2) is 42.0 Å². The number of nitrogens with zero attached hydrogens (tertiary/aromatic N) is 5. The lowest BCUT2D eigenvalue weighted by atomic mass is 9.83. The first-order valence-electron chi connectivity index (χ1n) is 13.3. The van der Waals surface area contributed by atoms with Crippen LogP contribution in [-0.2, 0) is 7.05 Å². The van der Waals surface area contributed by atoms with E-state index < -0.39 is 0 Å². The van der Waals surface area contributed by atoms with Crippen molar-refractivity contribution in [3.8, 4) is 17.6 Å². The molecule has 2 fully saturated rings. The lowest BCUT2D eigenvalue weighted by Gasteiger charge is -2.44. The second-order valence-corrected chi connectivity index (χ2v) is 10.6. The van der Waals surface area contributed by atoms with Crippen LogP contribution in [0.3, 0.4) is 0 Å². The molecule has 0 radical (unpaired) electrons. The maximum Gasteiger partial charge on any atom is 0.252 e. The molecule has 8 nitrogen and oxygen atoms in total. The fraction of sp³-hybridized carbons (Fsp3) is 0.483. The van der Waals surface area contributed by atoms with E-state index in [1.165, 1.54) is 19.3 Å². The van der Waals surface area contributed by atoms with Crippen LogP contribution in [0.25, 0.3) is 11.0 Å². The number of aromatic nitrogens is 2. The fourth-order valence-corrected chi connectivity index (χ4v) is 6.14. The molecule has 192 valence electrons. The predicted molar refractivity (Wildman–Crippen MR) is 143 cm³/mol. The third kappa shape index (κ3) is 4.26. The lowest BCUT2D eigenvalue weighted by molar-refractivity contribution is 0.173. The van der Waals surface area contributed by atoms with Gasteiger partial charge in [-0.15, -0.1) is 0 Å². The van der Waals surface area contributed by atoms with Crippen molar-refractivity contribution in [1.29, 1.82) is 5.26 Å². The molecule has 3 aliphatic rings. The first-order chi connectivity index (χ1) is 18.0. The van der Waals surface area contributed by atoms with Gasteiger partial charge in [0.15, 0.2) is 11.5 Å². The molecule has 1 aromatic carbocycles. The number of hydrogen-bond donors (Lipinski definition) is 0. The molecule has 0 bridgehead atoms. The minimum absolute atomic E-state index is 0.0682. The number of anilines is 2. The average Bonchev–Trinajstić information content (AvgIpc) is 3.39. The quantitative estimate of drug-likeness (QED) is 0.491. The second-order valence-electron chi connectivity index (χ2n) is 10.6. The summed E-state index contributed by atoms with van der Waals surface area (Å²) in [7, 11) is 3.81. The first kappa shape index (κ1) is 23.7. The number of ether oxygens (including phenoxy) is 2. The van der Waals surface area contributed by atoms with Crippen LogP contribution in [0.15, 0.2) is 41.2 Å². The van der Waals surface area contributed by atoms with E-state index in [1.54, 1.807) is 23.7 Å². The molecule has 0 saturated heterocycles. The summed E-state index contributed by atoms with van der Waals surface area (Å²) in [5, 5.41) is 9.40. The Labute approximate surface area is 217 Å². The van der Waals surface area contributed by atoms with Gasteiger partial charge < -0.3 is 23.8 Å². The van der Waals surface area contributed by atoms with Gasteiger partial charge in [0, 0.05) is 38.8 Å². The van der Waals surface area contributed by atoms with Gasteiger partial charge >= 0.3 is 0 Å². The molecule has 2 aliphatic carbocycles. The fourth-order valence-electron chi connectivity index (χ4n) is 6.14. The highest BCUT2D eigenvalue weighted by atomic mass is 16.7. The van der Waals surface area contributed by atoms with Crippen molar-refractivity contribution < 1.29 is 9.47 Å². The molecule has 0 amide bonds. The molecule has 0 atom stereocenters. The number of fused-ring (bicyclic) bond motifs is 2. The van der Waals surface area contributed by atoms with Crippen molar-refractivity contribution in [2.45, 2.75) is 57.0 Å². The smallest absolute Gasteiger partial charge is 0.252 e. The van der Waals surface area contributed by atoms with Gasteiger partial charge in [0.25, 0.3) is 5.56 Å². The Morgan fingerprint density at radius 3 is 2.57 bits per heavy atom. The van der Waals surface area contributed by atoms with Gasteiger partial charge in [0.1, 0.15) is 17.3 Å². The molecule has 1 aliphatic heterocycles. The minimum Gasteiger partial charge on any atom is -0.454 e. The normalized spacial score (nSPS) is 20.9. The summed E-state index contributed by atoms with van der Waals surface area (Å²) in [6, 6.07) is 14.2. The Kier molecular flexibility index (Phi) is 6.15. The monoisotopic (exact) mass is 499 g/mol. The van der Waals surface area contributed by atoms with Crippen LogP contribution >= 0.6 is 0 Å². The number of nitriles is 1. The van der Waals surface area contributed by atoms with Crippen molar-refractivity contribution >= 4 is 22.4 Å². The van der Waals surface area contributed by atoms with Gasteiger partial charge in [-0.2, -0.15) is 5.26 Å². The number of benzene rings is 1. The van der Waals surface area contributed by atoms with Crippen LogP contribution in [0.4, 0.5) is 11.4 Å². The second kappa shape index (κ2) is 9.62. The molecule has 8 heteroatoms. The van der Waals surface area contributed by atoms with Gasteiger partial charge in [0.2, 0.25) is 6.79 Å². The topological polar surface area (TPSA) is 83.6 Å². The zero-order chi connectivity index (χ0) is 25.5. The van der Waals surface area contributed by atoms with Gasteiger partial charge in [-0.3, -0.25) is 4.79 Å². The zero-order valence-electron chi connectivity index (χ0n) is 21.5. The summed E-state index contributed by atoms with van der Waals surface area (Å²) in [5.74, 6) is 2.46. The van der Waals surface area contributed by atoms with Crippen LogP contribution in [0.2, 0.25) is 0 Å². The summed E-state index contributed by atoms with van der Waals surface area (Å²) in [5.41, 5.74) is 3.70. The van der Waals surface area contributed by atoms with Crippen LogP contribution in [0.5, 0.6) is 11.5 Å². The van der Waals surface area contributed by atoms with Crippen LogP contribution in [0, 0.1) is 17.2 Å². The number of para-hydroxylation sites is 1. The summed E-state index contributed by atoms with van der Waals surface area (Å²) < 4.78 is 13.2. The zero-order valence-corrected chi connectivity index (χ0v) is 21.5. The standard InChI is InChI=1S/C29H33N5O3/c1-32(25-15-27(35)33(2)23-14-9-20(16-30)31-28(23)25)21-10-12-22(13-11-21)34(17-19-5-3-6-19)24-7-4-8-26-29(24)37-18-36-26/h4,7-9,14-15,19,21-22H,3,5-6,10-13,17-18H2,1-2H3/t21-,22+. The van der Waals surface area contributed by atoms with E-state index in [-0.39, 0.29) is 12.4 Å². The summed E-state index contributed by atoms with van der Waals surface area (Å²) >= 11 is 0. The van der Waals surface area contributed by atoms with Crippen molar-refractivity contribution in [2.75, 3.05) is 30.2 Å². The van der Waals surface area contributed by atoms with Crippen molar-refractivity contribution in [3.05, 3.63) is 52.4 Å². The van der Waals surface area contributed by atoms with E-state index in [0.717, 1.165) is 66.5 Å². The molecule has 6 rings (SSSR count). The third-order valence-corrected chi connectivity index (χ3v) is 8.58. The first-order valence-corrected chi connectivity index (χ1v) is 13.3. The lowest BCUT2D eigenvalue weighted by Crippen LogP contribution is -2.46. The van der Waals surface area contributed by atoms with Crippen LogP contribution < -0.4 is 24.8 Å². The Bertz CT molecular complexity index is 1420. The molecule has 37 heavy (non-hydrogen) atoms. The highest BCUT2D eigenvalue weighted by Crippen LogP contribution is 2.44. The van der Waals surface area contributed by atoms with Crippen molar-refractivity contribution in [3.63, 3.8) is 0 Å². The third-order valence-electron chi connectivity index (χ3n) is 8.58. The van der Waals surface area contributed by atoms with Gasteiger partial charge in [-0.1, -0.05) is 12.5 Å². The number of aryl methyl sites for hydroxylation is 1.